The molecule has 0 fully saturated rings. The second-order valence-electron chi connectivity index (χ2n) is 2.60. The van der Waals surface area contributed by atoms with Crippen LogP contribution in [0.5, 0.6) is 0 Å². The number of thiophene rings is 1. The summed E-state index contributed by atoms with van der Waals surface area (Å²) in [6.45, 7) is 1.02. The number of hydrogen-bond donors (Lipinski definition) is 1. The zero-order valence-corrected chi connectivity index (χ0v) is 6.95. The minimum atomic E-state index is 0.157. The van der Waals surface area contributed by atoms with E-state index in [4.69, 9.17) is 6.42 Å². The molecule has 2 heteroatoms. The van der Waals surface area contributed by atoms with Crippen molar-refractivity contribution in [1.82, 2.24) is 5.32 Å². The molecule has 0 amide bonds. The first-order chi connectivity index (χ1) is 5.42. The summed E-state index contributed by atoms with van der Waals surface area (Å²) in [4.78, 5) is 1.45. The van der Waals surface area contributed by atoms with Gasteiger partial charge in [0.2, 0.25) is 0 Å². The van der Waals surface area contributed by atoms with Gasteiger partial charge in [0.15, 0.2) is 0 Å². The summed E-state index contributed by atoms with van der Waals surface area (Å²) in [7, 11) is 0. The first-order valence-electron chi connectivity index (χ1n) is 3.67. The summed E-state index contributed by atoms with van der Waals surface area (Å²) in [6.07, 6.45) is 6.50. The Morgan fingerprint density at radius 1 is 1.73 bits per heavy atom. The van der Waals surface area contributed by atoms with Crippen LogP contribution in [0.4, 0.5) is 0 Å². The van der Waals surface area contributed by atoms with E-state index in [0.717, 1.165) is 13.0 Å². The summed E-state index contributed by atoms with van der Waals surface area (Å²) >= 11 is 1.81. The van der Waals surface area contributed by atoms with Gasteiger partial charge in [0.05, 0.1) is 6.04 Å². The number of hydrogen-bond acceptors (Lipinski definition) is 2. The second kappa shape index (κ2) is 2.69. The number of terminal acetylenes is 1. The average molecular weight is 163 g/mol. The maximum absolute atomic E-state index is 5.37. The molecule has 0 saturated carbocycles. The molecule has 1 unspecified atom stereocenters. The lowest BCUT2D eigenvalue weighted by Gasteiger charge is -2.18. The third-order valence-corrected chi connectivity index (χ3v) is 2.95. The molecule has 1 N–H and O–H groups in total. The molecule has 0 saturated heterocycles. The second-order valence-corrected chi connectivity index (χ2v) is 3.60. The molecule has 2 rings (SSSR count). The molecule has 1 aliphatic heterocycles. The first-order valence-corrected chi connectivity index (χ1v) is 4.55. The van der Waals surface area contributed by atoms with Crippen LogP contribution < -0.4 is 5.32 Å². The van der Waals surface area contributed by atoms with E-state index in [9.17, 15) is 0 Å². The van der Waals surface area contributed by atoms with E-state index in [-0.39, 0.29) is 6.04 Å². The highest BCUT2D eigenvalue weighted by Crippen LogP contribution is 2.26. The van der Waals surface area contributed by atoms with Crippen LogP contribution in [0.2, 0.25) is 0 Å². The van der Waals surface area contributed by atoms with Crippen LogP contribution in [0.15, 0.2) is 11.4 Å². The lowest BCUT2D eigenvalue weighted by molar-refractivity contribution is 0.602. The fourth-order valence-corrected chi connectivity index (χ4v) is 2.32. The van der Waals surface area contributed by atoms with Crippen LogP contribution in [-0.4, -0.2) is 6.54 Å². The molecule has 1 aromatic heterocycles. The van der Waals surface area contributed by atoms with Crippen molar-refractivity contribution in [2.24, 2.45) is 0 Å². The summed E-state index contributed by atoms with van der Waals surface area (Å²) in [5.41, 5.74) is 1.31. The van der Waals surface area contributed by atoms with Gasteiger partial charge in [0.25, 0.3) is 0 Å². The summed E-state index contributed by atoms with van der Waals surface area (Å²) in [5.74, 6) is 2.74. The van der Waals surface area contributed by atoms with Gasteiger partial charge in [0.1, 0.15) is 0 Å². The van der Waals surface area contributed by atoms with Crippen molar-refractivity contribution in [2.75, 3.05) is 6.54 Å². The van der Waals surface area contributed by atoms with Crippen molar-refractivity contribution in [3.8, 4) is 12.3 Å². The Morgan fingerprint density at radius 2 is 2.64 bits per heavy atom. The number of rotatable bonds is 0. The summed E-state index contributed by atoms with van der Waals surface area (Å²) in [5, 5.41) is 5.39. The highest BCUT2D eigenvalue weighted by molar-refractivity contribution is 7.10. The molecule has 1 aliphatic rings. The third kappa shape index (κ3) is 1.07. The lowest BCUT2D eigenvalue weighted by Crippen LogP contribution is -2.27. The van der Waals surface area contributed by atoms with E-state index >= 15 is 0 Å². The Labute approximate surface area is 70.4 Å². The zero-order chi connectivity index (χ0) is 7.68. The van der Waals surface area contributed by atoms with Crippen molar-refractivity contribution in [3.05, 3.63) is 21.9 Å². The number of nitrogens with one attached hydrogen (secondary N) is 1. The smallest absolute Gasteiger partial charge is 0.0954 e. The van der Waals surface area contributed by atoms with Crippen LogP contribution in [0.1, 0.15) is 16.5 Å². The van der Waals surface area contributed by atoms with Gasteiger partial charge in [-0.3, -0.25) is 5.32 Å². The quantitative estimate of drug-likeness (QED) is 0.572. The zero-order valence-electron chi connectivity index (χ0n) is 6.13. The predicted octanol–water partition coefficient (Wildman–Crippen LogP) is 1.57. The Hall–Kier alpha value is -0.780. The van der Waals surface area contributed by atoms with Gasteiger partial charge in [-0.2, -0.15) is 0 Å². The van der Waals surface area contributed by atoms with E-state index in [0.29, 0.717) is 0 Å². The van der Waals surface area contributed by atoms with E-state index in [1.807, 2.05) is 11.3 Å². The van der Waals surface area contributed by atoms with E-state index in [1.54, 1.807) is 0 Å². The van der Waals surface area contributed by atoms with Crippen molar-refractivity contribution in [2.45, 2.75) is 12.5 Å². The molecule has 0 radical (unpaired) electrons. The van der Waals surface area contributed by atoms with Crippen molar-refractivity contribution < 1.29 is 0 Å². The minimum Gasteiger partial charge on any atom is -0.300 e. The van der Waals surface area contributed by atoms with Crippen molar-refractivity contribution in [3.63, 3.8) is 0 Å². The Morgan fingerprint density at radius 3 is 3.45 bits per heavy atom. The highest BCUT2D eigenvalue weighted by atomic mass is 32.1. The molecular weight excluding hydrogens is 154 g/mol. The van der Waals surface area contributed by atoms with Crippen molar-refractivity contribution >= 4 is 11.3 Å². The maximum Gasteiger partial charge on any atom is 0.0954 e. The third-order valence-electron chi connectivity index (χ3n) is 1.96. The molecule has 1 nitrogen and oxygen atoms in total. The average Bonchev–Trinajstić information content (AvgIpc) is 2.50. The molecule has 11 heavy (non-hydrogen) atoms. The van der Waals surface area contributed by atoms with Gasteiger partial charge in [-0.25, -0.2) is 0 Å². The fourth-order valence-electron chi connectivity index (χ4n) is 1.40. The molecule has 0 spiro atoms. The van der Waals surface area contributed by atoms with E-state index < -0.39 is 0 Å². The largest absolute Gasteiger partial charge is 0.300 e. The van der Waals surface area contributed by atoms with Gasteiger partial charge in [-0.15, -0.1) is 17.8 Å². The monoisotopic (exact) mass is 163 g/mol. The number of fused-ring (bicyclic) bond motifs is 1. The SMILES string of the molecule is C#CC1NCCc2sccc21. The van der Waals surface area contributed by atoms with Gasteiger partial charge < -0.3 is 0 Å². The van der Waals surface area contributed by atoms with Crippen LogP contribution in [0, 0.1) is 12.3 Å². The molecular formula is C9H9NS. The Bertz CT molecular complexity index is 295. The highest BCUT2D eigenvalue weighted by Gasteiger charge is 2.17. The van der Waals surface area contributed by atoms with E-state index in [2.05, 4.69) is 22.7 Å². The lowest BCUT2D eigenvalue weighted by atomic mass is 10.0. The molecule has 2 heterocycles. The minimum absolute atomic E-state index is 0.157. The van der Waals surface area contributed by atoms with E-state index in [1.165, 1.54) is 10.4 Å². The molecule has 56 valence electrons. The summed E-state index contributed by atoms with van der Waals surface area (Å²) in [6, 6.07) is 2.28. The normalized spacial score (nSPS) is 22.3. The van der Waals surface area contributed by atoms with Gasteiger partial charge in [-0.05, 0) is 23.4 Å². The maximum atomic E-state index is 5.37. The van der Waals surface area contributed by atoms with Crippen LogP contribution >= 0.6 is 11.3 Å². The molecule has 0 aliphatic carbocycles. The standard InChI is InChI=1S/C9H9NS/c1-2-8-7-4-6-11-9(7)3-5-10-8/h1,4,6,8,10H,3,5H2. The predicted molar refractivity (Wildman–Crippen MR) is 47.6 cm³/mol. The Kier molecular flexibility index (Phi) is 1.69. The Balaban J connectivity index is 2.41. The fraction of sp³-hybridized carbons (Fsp3) is 0.333. The van der Waals surface area contributed by atoms with Gasteiger partial charge >= 0.3 is 0 Å². The topological polar surface area (TPSA) is 12.0 Å². The van der Waals surface area contributed by atoms with Gasteiger partial charge in [0, 0.05) is 11.4 Å². The molecule has 0 aromatic carbocycles. The van der Waals surface area contributed by atoms with Crippen LogP contribution in [0.3, 0.4) is 0 Å². The van der Waals surface area contributed by atoms with Crippen LogP contribution in [0.25, 0.3) is 0 Å². The molecule has 0 bridgehead atoms. The molecule has 1 atom stereocenters. The van der Waals surface area contributed by atoms with Gasteiger partial charge in [-0.1, -0.05) is 5.92 Å². The van der Waals surface area contributed by atoms with Crippen LogP contribution in [-0.2, 0) is 6.42 Å². The summed E-state index contributed by atoms with van der Waals surface area (Å²) < 4.78 is 0. The van der Waals surface area contributed by atoms with Crippen molar-refractivity contribution in [1.29, 1.82) is 0 Å². The molecule has 1 aromatic rings. The first kappa shape index (κ1) is 6.90.